The number of rotatable bonds is 4. The van der Waals surface area contributed by atoms with Crippen molar-refractivity contribution in [3.8, 4) is 0 Å². The highest BCUT2D eigenvalue weighted by molar-refractivity contribution is 7.92. The molecule has 0 aliphatic carbocycles. The minimum atomic E-state index is -3.73. The summed E-state index contributed by atoms with van der Waals surface area (Å²) >= 11 is 6.89. The third-order valence-electron chi connectivity index (χ3n) is 3.10. The highest BCUT2D eigenvalue weighted by atomic mass is 35.5. The molecule has 3 rings (SSSR count). The van der Waals surface area contributed by atoms with Crippen LogP contribution in [0.2, 0.25) is 5.02 Å². The zero-order valence-corrected chi connectivity index (χ0v) is 13.9. The van der Waals surface area contributed by atoms with Crippen LogP contribution >= 0.6 is 22.9 Å². The summed E-state index contributed by atoms with van der Waals surface area (Å²) in [5, 5.41) is 10.1. The standard InChI is InChI=1S/C15H10ClNO4S2/c16-10-1-4-12(5-2-10)23(20,21)17-11-3-6-13-9(7-11)8-14(22-13)15(18)19/h1-8,17H,(H,18,19). The SMILES string of the molecule is O=C(O)c1cc2cc(NS(=O)(=O)c3ccc(Cl)cc3)ccc2s1. The molecule has 0 amide bonds. The summed E-state index contributed by atoms with van der Waals surface area (Å²) < 4.78 is 27.9. The van der Waals surface area contributed by atoms with E-state index in [1.165, 1.54) is 30.3 Å². The number of hydrogen-bond acceptors (Lipinski definition) is 4. The predicted octanol–water partition coefficient (Wildman–Crippen LogP) is 4.05. The maximum absolute atomic E-state index is 12.3. The normalized spacial score (nSPS) is 11.5. The molecule has 2 N–H and O–H groups in total. The van der Waals surface area contributed by atoms with Crippen molar-refractivity contribution in [3.05, 3.63) is 58.4 Å². The van der Waals surface area contributed by atoms with Crippen LogP contribution < -0.4 is 4.72 Å². The van der Waals surface area contributed by atoms with Crippen molar-refractivity contribution in [2.24, 2.45) is 0 Å². The molecule has 0 bridgehead atoms. The summed E-state index contributed by atoms with van der Waals surface area (Å²) in [7, 11) is -3.73. The minimum Gasteiger partial charge on any atom is -0.477 e. The number of fused-ring (bicyclic) bond motifs is 1. The minimum absolute atomic E-state index is 0.0959. The molecule has 3 aromatic rings. The Morgan fingerprint density at radius 2 is 1.78 bits per heavy atom. The molecule has 0 saturated carbocycles. The van der Waals surface area contributed by atoms with Gasteiger partial charge in [0.15, 0.2) is 0 Å². The van der Waals surface area contributed by atoms with Gasteiger partial charge in [-0.3, -0.25) is 4.72 Å². The molecule has 1 aromatic heterocycles. The number of thiophene rings is 1. The van der Waals surface area contributed by atoms with E-state index in [9.17, 15) is 13.2 Å². The number of aromatic carboxylic acids is 1. The van der Waals surface area contributed by atoms with Gasteiger partial charge in [0, 0.05) is 15.4 Å². The Morgan fingerprint density at radius 3 is 2.43 bits per heavy atom. The lowest BCUT2D eigenvalue weighted by Gasteiger charge is -2.08. The van der Waals surface area contributed by atoms with Crippen molar-refractivity contribution < 1.29 is 18.3 Å². The number of carboxylic acids is 1. The summed E-state index contributed by atoms with van der Waals surface area (Å²) in [6.45, 7) is 0. The highest BCUT2D eigenvalue weighted by Gasteiger charge is 2.15. The first-order chi connectivity index (χ1) is 10.8. The Labute approximate surface area is 141 Å². The van der Waals surface area contributed by atoms with E-state index in [2.05, 4.69) is 4.72 Å². The van der Waals surface area contributed by atoms with Crippen molar-refractivity contribution >= 4 is 54.7 Å². The molecule has 5 nitrogen and oxygen atoms in total. The number of halogens is 1. The fourth-order valence-electron chi connectivity index (χ4n) is 2.04. The van der Waals surface area contributed by atoms with E-state index in [4.69, 9.17) is 16.7 Å². The van der Waals surface area contributed by atoms with Gasteiger partial charge < -0.3 is 5.11 Å². The average molecular weight is 368 g/mol. The smallest absolute Gasteiger partial charge is 0.345 e. The Balaban J connectivity index is 1.94. The van der Waals surface area contributed by atoms with E-state index >= 15 is 0 Å². The van der Waals surface area contributed by atoms with Gasteiger partial charge in [-0.15, -0.1) is 11.3 Å². The molecule has 0 atom stereocenters. The average Bonchev–Trinajstić information content (AvgIpc) is 2.90. The molecule has 0 aliphatic heterocycles. The molecular formula is C15H10ClNO4S2. The predicted molar refractivity (Wildman–Crippen MR) is 91.0 cm³/mol. The van der Waals surface area contributed by atoms with Gasteiger partial charge in [0.2, 0.25) is 0 Å². The molecule has 0 aliphatic rings. The first kappa shape index (κ1) is 15.8. The lowest BCUT2D eigenvalue weighted by molar-refractivity contribution is 0.0702. The summed E-state index contributed by atoms with van der Waals surface area (Å²) in [6, 6.07) is 12.2. The molecule has 0 saturated heterocycles. The first-order valence-electron chi connectivity index (χ1n) is 6.40. The maximum atomic E-state index is 12.3. The van der Waals surface area contributed by atoms with Crippen molar-refractivity contribution in [1.29, 1.82) is 0 Å². The van der Waals surface area contributed by atoms with Crippen LogP contribution in [-0.4, -0.2) is 19.5 Å². The van der Waals surface area contributed by atoms with Gasteiger partial charge in [-0.05, 0) is 53.9 Å². The van der Waals surface area contributed by atoms with Gasteiger partial charge in [-0.1, -0.05) is 11.6 Å². The van der Waals surface area contributed by atoms with E-state index in [1.54, 1.807) is 18.2 Å². The van der Waals surface area contributed by atoms with E-state index < -0.39 is 16.0 Å². The van der Waals surface area contributed by atoms with Crippen molar-refractivity contribution in [3.63, 3.8) is 0 Å². The number of benzene rings is 2. The molecule has 118 valence electrons. The Hall–Kier alpha value is -2.09. The second-order valence-corrected chi connectivity index (χ2v) is 7.93. The molecular weight excluding hydrogens is 358 g/mol. The van der Waals surface area contributed by atoms with E-state index in [0.717, 1.165) is 16.0 Å². The number of carboxylic acid groups (broad SMARTS) is 1. The lowest BCUT2D eigenvalue weighted by Crippen LogP contribution is -2.12. The van der Waals surface area contributed by atoms with Gasteiger partial charge in [-0.25, -0.2) is 13.2 Å². The summed E-state index contributed by atoms with van der Waals surface area (Å²) in [5.41, 5.74) is 0.363. The van der Waals surface area contributed by atoms with Crippen LogP contribution in [0.3, 0.4) is 0 Å². The largest absolute Gasteiger partial charge is 0.477 e. The number of nitrogens with one attached hydrogen (secondary N) is 1. The molecule has 0 fully saturated rings. The van der Waals surface area contributed by atoms with Gasteiger partial charge in [0.05, 0.1) is 4.90 Å². The third kappa shape index (κ3) is 3.31. The molecule has 8 heteroatoms. The van der Waals surface area contributed by atoms with Gasteiger partial charge in [0.25, 0.3) is 10.0 Å². The zero-order valence-electron chi connectivity index (χ0n) is 11.5. The van der Waals surface area contributed by atoms with Crippen molar-refractivity contribution in [2.75, 3.05) is 4.72 Å². The second kappa shape index (κ2) is 5.84. The zero-order chi connectivity index (χ0) is 16.6. The van der Waals surface area contributed by atoms with E-state index in [1.807, 2.05) is 0 Å². The fourth-order valence-corrected chi connectivity index (χ4v) is 4.10. The number of carbonyl (C=O) groups is 1. The van der Waals surface area contributed by atoms with E-state index in [0.29, 0.717) is 16.1 Å². The van der Waals surface area contributed by atoms with Crippen LogP contribution in [0.4, 0.5) is 5.69 Å². The van der Waals surface area contributed by atoms with Gasteiger partial charge in [-0.2, -0.15) is 0 Å². The van der Waals surface area contributed by atoms with Crippen LogP contribution in [0, 0.1) is 0 Å². The molecule has 0 unspecified atom stereocenters. The van der Waals surface area contributed by atoms with Crippen LogP contribution in [0.5, 0.6) is 0 Å². The second-order valence-electron chi connectivity index (χ2n) is 4.73. The third-order valence-corrected chi connectivity index (χ3v) is 5.86. The maximum Gasteiger partial charge on any atom is 0.345 e. The van der Waals surface area contributed by atoms with Gasteiger partial charge >= 0.3 is 5.97 Å². The van der Waals surface area contributed by atoms with E-state index in [-0.39, 0.29) is 9.77 Å². The Morgan fingerprint density at radius 1 is 1.09 bits per heavy atom. The monoisotopic (exact) mass is 367 g/mol. The number of hydrogen-bond donors (Lipinski definition) is 2. The summed E-state index contributed by atoms with van der Waals surface area (Å²) in [4.78, 5) is 11.3. The molecule has 1 heterocycles. The Bertz CT molecular complexity index is 994. The topological polar surface area (TPSA) is 83.5 Å². The number of anilines is 1. The van der Waals surface area contributed by atoms with Crippen molar-refractivity contribution in [1.82, 2.24) is 0 Å². The number of sulfonamides is 1. The van der Waals surface area contributed by atoms with Crippen LogP contribution in [0.1, 0.15) is 9.67 Å². The van der Waals surface area contributed by atoms with Gasteiger partial charge in [0.1, 0.15) is 4.88 Å². The molecule has 23 heavy (non-hydrogen) atoms. The summed E-state index contributed by atoms with van der Waals surface area (Å²) in [5.74, 6) is -1.01. The first-order valence-corrected chi connectivity index (χ1v) is 9.08. The quantitative estimate of drug-likeness (QED) is 0.728. The molecule has 0 spiro atoms. The summed E-state index contributed by atoms with van der Waals surface area (Å²) in [6.07, 6.45) is 0. The van der Waals surface area contributed by atoms with Crippen LogP contribution in [0.15, 0.2) is 53.4 Å². The lowest BCUT2D eigenvalue weighted by atomic mass is 10.2. The fraction of sp³-hybridized carbons (Fsp3) is 0. The highest BCUT2D eigenvalue weighted by Crippen LogP contribution is 2.29. The Kier molecular flexibility index (Phi) is 4.01. The van der Waals surface area contributed by atoms with Crippen molar-refractivity contribution in [2.45, 2.75) is 4.90 Å². The molecule has 2 aromatic carbocycles. The molecule has 0 radical (unpaired) electrons. The van der Waals surface area contributed by atoms with Crippen LogP contribution in [0.25, 0.3) is 10.1 Å². The van der Waals surface area contributed by atoms with Crippen LogP contribution in [-0.2, 0) is 10.0 Å².